The van der Waals surface area contributed by atoms with E-state index in [1.165, 1.54) is 32.1 Å². The summed E-state index contributed by atoms with van der Waals surface area (Å²) in [5.41, 5.74) is 0.263. The summed E-state index contributed by atoms with van der Waals surface area (Å²) in [5, 5.41) is 0. The van der Waals surface area contributed by atoms with Gasteiger partial charge in [0.1, 0.15) is 0 Å². The van der Waals surface area contributed by atoms with Crippen molar-refractivity contribution in [3.05, 3.63) is 0 Å². The second-order valence-corrected chi connectivity index (χ2v) is 8.49. The Kier molecular flexibility index (Phi) is 3.96. The van der Waals surface area contributed by atoms with Crippen LogP contribution in [0, 0.1) is 5.41 Å². The van der Waals surface area contributed by atoms with Gasteiger partial charge in [-0.1, -0.05) is 19.3 Å². The van der Waals surface area contributed by atoms with Gasteiger partial charge in [-0.15, -0.1) is 0 Å². The van der Waals surface area contributed by atoms with Gasteiger partial charge in [-0.05, 0) is 33.6 Å². The second kappa shape index (κ2) is 4.98. The van der Waals surface area contributed by atoms with Crippen LogP contribution in [0.2, 0.25) is 0 Å². The van der Waals surface area contributed by atoms with E-state index in [1.807, 2.05) is 20.8 Å². The Labute approximate surface area is 107 Å². The standard InChI is InChI=1S/C13H25NO2S/c1-12(2,3)17(15)14-11-9-16-10-13(11)7-5-4-6-8-13/h11,14H,4-10H2,1-3H3/t11-,17-/m1/s1. The predicted molar refractivity (Wildman–Crippen MR) is 71.2 cm³/mol. The fourth-order valence-electron chi connectivity index (χ4n) is 2.87. The average molecular weight is 259 g/mol. The molecule has 3 nitrogen and oxygen atoms in total. The topological polar surface area (TPSA) is 38.3 Å². The summed E-state index contributed by atoms with van der Waals surface area (Å²) < 4.78 is 21.0. The summed E-state index contributed by atoms with van der Waals surface area (Å²) >= 11 is 0. The van der Waals surface area contributed by atoms with Gasteiger partial charge in [0.05, 0.1) is 35.0 Å². The molecule has 2 fully saturated rings. The highest BCUT2D eigenvalue weighted by atomic mass is 32.2. The Balaban J connectivity index is 2.02. The molecule has 0 aromatic carbocycles. The zero-order chi connectivity index (χ0) is 12.5. The van der Waals surface area contributed by atoms with E-state index in [2.05, 4.69) is 4.72 Å². The molecule has 1 heterocycles. The van der Waals surface area contributed by atoms with Gasteiger partial charge in [-0.2, -0.15) is 0 Å². The Bertz CT molecular complexity index is 292. The van der Waals surface area contributed by atoms with Crippen LogP contribution < -0.4 is 4.72 Å². The molecule has 1 saturated carbocycles. The van der Waals surface area contributed by atoms with E-state index < -0.39 is 11.0 Å². The molecule has 0 radical (unpaired) electrons. The summed E-state index contributed by atoms with van der Waals surface area (Å²) in [6.07, 6.45) is 6.39. The first-order chi connectivity index (χ1) is 7.94. The highest BCUT2D eigenvalue weighted by Gasteiger charge is 2.45. The van der Waals surface area contributed by atoms with Crippen molar-refractivity contribution in [3.8, 4) is 0 Å². The molecule has 0 unspecified atom stereocenters. The van der Waals surface area contributed by atoms with Gasteiger partial charge in [0, 0.05) is 5.41 Å². The largest absolute Gasteiger partial charge is 0.379 e. The lowest BCUT2D eigenvalue weighted by molar-refractivity contribution is 0.119. The third kappa shape index (κ3) is 2.91. The first-order valence-corrected chi connectivity index (χ1v) is 7.85. The van der Waals surface area contributed by atoms with E-state index in [9.17, 15) is 4.21 Å². The number of ether oxygens (including phenoxy) is 1. The molecule has 1 aliphatic heterocycles. The van der Waals surface area contributed by atoms with Crippen molar-refractivity contribution in [2.45, 2.75) is 63.7 Å². The van der Waals surface area contributed by atoms with E-state index >= 15 is 0 Å². The van der Waals surface area contributed by atoms with E-state index in [0.29, 0.717) is 0 Å². The number of rotatable bonds is 2. The zero-order valence-corrected chi connectivity index (χ0v) is 12.1. The maximum absolute atomic E-state index is 12.2. The van der Waals surface area contributed by atoms with Crippen LogP contribution in [0.3, 0.4) is 0 Å². The highest BCUT2D eigenvalue weighted by molar-refractivity contribution is 7.84. The van der Waals surface area contributed by atoms with Crippen molar-refractivity contribution < 1.29 is 8.95 Å². The minimum atomic E-state index is -0.985. The summed E-state index contributed by atoms with van der Waals surface area (Å²) in [7, 11) is -0.985. The van der Waals surface area contributed by atoms with Gasteiger partial charge in [-0.3, -0.25) is 0 Å². The van der Waals surface area contributed by atoms with Crippen molar-refractivity contribution in [1.29, 1.82) is 0 Å². The summed E-state index contributed by atoms with van der Waals surface area (Å²) in [5.74, 6) is 0. The van der Waals surface area contributed by atoms with E-state index in [0.717, 1.165) is 13.2 Å². The Morgan fingerprint density at radius 1 is 1.24 bits per heavy atom. The van der Waals surface area contributed by atoms with Crippen molar-refractivity contribution in [3.63, 3.8) is 0 Å². The van der Waals surface area contributed by atoms with Gasteiger partial charge in [0.2, 0.25) is 0 Å². The van der Waals surface area contributed by atoms with Gasteiger partial charge in [-0.25, -0.2) is 8.93 Å². The monoisotopic (exact) mass is 259 g/mol. The van der Waals surface area contributed by atoms with Crippen LogP contribution in [0.5, 0.6) is 0 Å². The molecule has 1 N–H and O–H groups in total. The molecule has 1 saturated heterocycles. The molecule has 0 bridgehead atoms. The minimum absolute atomic E-state index is 0.196. The van der Waals surface area contributed by atoms with Crippen LogP contribution in [0.25, 0.3) is 0 Å². The zero-order valence-electron chi connectivity index (χ0n) is 11.3. The van der Waals surface area contributed by atoms with Crippen LogP contribution >= 0.6 is 0 Å². The predicted octanol–water partition coefficient (Wildman–Crippen LogP) is 2.39. The van der Waals surface area contributed by atoms with E-state index in [1.54, 1.807) is 0 Å². The molecule has 0 aromatic rings. The average Bonchev–Trinajstić information content (AvgIpc) is 2.61. The molecular formula is C13H25NO2S. The fourth-order valence-corrected chi connectivity index (χ4v) is 3.80. The van der Waals surface area contributed by atoms with Gasteiger partial charge < -0.3 is 4.74 Å². The molecule has 1 aliphatic carbocycles. The summed E-state index contributed by atoms with van der Waals surface area (Å²) in [6.45, 7) is 7.62. The van der Waals surface area contributed by atoms with Gasteiger partial charge >= 0.3 is 0 Å². The smallest absolute Gasteiger partial charge is 0.0973 e. The molecule has 0 aromatic heterocycles. The second-order valence-electron chi connectivity index (χ2n) is 6.49. The van der Waals surface area contributed by atoms with Crippen LogP contribution in [0.1, 0.15) is 52.9 Å². The third-order valence-corrected chi connectivity index (χ3v) is 5.68. The molecule has 100 valence electrons. The fraction of sp³-hybridized carbons (Fsp3) is 1.00. The normalized spacial score (nSPS) is 30.6. The van der Waals surface area contributed by atoms with Crippen molar-refractivity contribution in [2.24, 2.45) is 5.41 Å². The van der Waals surface area contributed by atoms with Crippen LogP contribution in [0.4, 0.5) is 0 Å². The quantitative estimate of drug-likeness (QED) is 0.827. The maximum atomic E-state index is 12.2. The number of hydrogen-bond acceptors (Lipinski definition) is 2. The SMILES string of the molecule is CC(C)(C)[S@@](=O)N[C@@H]1COCC12CCCCC2. The summed E-state index contributed by atoms with van der Waals surface area (Å²) in [4.78, 5) is 0. The van der Waals surface area contributed by atoms with Crippen LogP contribution in [-0.2, 0) is 15.7 Å². The molecular weight excluding hydrogens is 234 g/mol. The number of hydrogen-bond donors (Lipinski definition) is 1. The van der Waals surface area contributed by atoms with Gasteiger partial charge in [0.15, 0.2) is 0 Å². The van der Waals surface area contributed by atoms with Crippen molar-refractivity contribution in [2.75, 3.05) is 13.2 Å². The van der Waals surface area contributed by atoms with Crippen LogP contribution in [-0.4, -0.2) is 28.2 Å². The first kappa shape index (κ1) is 13.5. The molecule has 17 heavy (non-hydrogen) atoms. The number of nitrogens with one attached hydrogen (secondary N) is 1. The van der Waals surface area contributed by atoms with Crippen molar-refractivity contribution in [1.82, 2.24) is 4.72 Å². The lowest BCUT2D eigenvalue weighted by atomic mass is 9.71. The highest BCUT2D eigenvalue weighted by Crippen LogP contribution is 2.43. The Morgan fingerprint density at radius 2 is 1.88 bits per heavy atom. The van der Waals surface area contributed by atoms with Gasteiger partial charge in [0.25, 0.3) is 0 Å². The van der Waals surface area contributed by atoms with E-state index in [4.69, 9.17) is 4.74 Å². The van der Waals surface area contributed by atoms with E-state index in [-0.39, 0.29) is 16.2 Å². The molecule has 2 rings (SSSR count). The lowest BCUT2D eigenvalue weighted by Gasteiger charge is -2.38. The lowest BCUT2D eigenvalue weighted by Crippen LogP contribution is -2.49. The minimum Gasteiger partial charge on any atom is -0.379 e. The summed E-state index contributed by atoms with van der Waals surface area (Å²) in [6, 6.07) is 0.280. The molecule has 0 amide bonds. The molecule has 1 spiro atoms. The third-order valence-electron chi connectivity index (χ3n) is 4.07. The first-order valence-electron chi connectivity index (χ1n) is 6.70. The van der Waals surface area contributed by atoms with Crippen molar-refractivity contribution >= 4 is 11.0 Å². The van der Waals surface area contributed by atoms with Crippen LogP contribution in [0.15, 0.2) is 0 Å². The Morgan fingerprint density at radius 3 is 2.47 bits per heavy atom. The Hall–Kier alpha value is 0.0700. The molecule has 2 atom stereocenters. The molecule has 2 aliphatic rings. The maximum Gasteiger partial charge on any atom is 0.0973 e. The molecule has 4 heteroatoms.